The summed E-state index contributed by atoms with van der Waals surface area (Å²) < 4.78 is 29.5. The van der Waals surface area contributed by atoms with E-state index in [1.807, 2.05) is 0 Å². The summed E-state index contributed by atoms with van der Waals surface area (Å²) in [6.45, 7) is 1.61. The van der Waals surface area contributed by atoms with Crippen LogP contribution in [0.5, 0.6) is 0 Å². The number of aromatic nitrogens is 2. The molecule has 2 aromatic rings. The fourth-order valence-electron chi connectivity index (χ4n) is 1.97. The van der Waals surface area contributed by atoms with Gasteiger partial charge in [-0.1, -0.05) is 6.07 Å². The summed E-state index contributed by atoms with van der Waals surface area (Å²) in [6.07, 6.45) is 1.74. The second-order valence-corrected chi connectivity index (χ2v) is 4.23. The summed E-state index contributed by atoms with van der Waals surface area (Å²) in [5, 5.41) is 7.09. The van der Waals surface area contributed by atoms with E-state index >= 15 is 0 Å². The van der Waals surface area contributed by atoms with Crippen molar-refractivity contribution in [3.05, 3.63) is 52.9 Å². The molecule has 1 heterocycles. The lowest BCUT2D eigenvalue weighted by Crippen LogP contribution is -2.21. The largest absolute Gasteiger partial charge is 0.308 e. The molecule has 0 saturated heterocycles. The highest BCUT2D eigenvalue weighted by Gasteiger charge is 2.23. The molecule has 1 N–H and O–H groups in total. The van der Waals surface area contributed by atoms with Crippen LogP contribution in [0.3, 0.4) is 0 Å². The van der Waals surface area contributed by atoms with Gasteiger partial charge in [0.15, 0.2) is 0 Å². The van der Waals surface area contributed by atoms with E-state index in [0.29, 0.717) is 11.3 Å². The topological polar surface area (TPSA) is 29.9 Å². The zero-order valence-electron chi connectivity index (χ0n) is 10.5. The third-order valence-corrected chi connectivity index (χ3v) is 2.93. The SMILES string of the molecule is CNC(c1ccn(C)n1)c1c(F)ccc(C)c1F. The lowest BCUT2D eigenvalue weighted by Gasteiger charge is -2.17. The minimum Gasteiger partial charge on any atom is -0.308 e. The van der Waals surface area contributed by atoms with Gasteiger partial charge in [-0.3, -0.25) is 4.68 Å². The molecule has 0 saturated carbocycles. The molecule has 18 heavy (non-hydrogen) atoms. The molecule has 0 fully saturated rings. The molecule has 0 spiro atoms. The number of hydrogen-bond donors (Lipinski definition) is 1. The Morgan fingerprint density at radius 2 is 2.00 bits per heavy atom. The second kappa shape index (κ2) is 4.86. The van der Waals surface area contributed by atoms with Gasteiger partial charge < -0.3 is 5.32 Å². The number of rotatable bonds is 3. The highest BCUT2D eigenvalue weighted by Crippen LogP contribution is 2.27. The lowest BCUT2D eigenvalue weighted by atomic mass is 10.00. The van der Waals surface area contributed by atoms with Crippen LogP contribution in [0.1, 0.15) is 22.9 Å². The van der Waals surface area contributed by atoms with Crippen molar-refractivity contribution >= 4 is 0 Å². The molecule has 1 aromatic heterocycles. The first-order valence-corrected chi connectivity index (χ1v) is 5.66. The van der Waals surface area contributed by atoms with Crippen molar-refractivity contribution < 1.29 is 8.78 Å². The van der Waals surface area contributed by atoms with Gasteiger partial charge in [-0.05, 0) is 31.7 Å². The third-order valence-electron chi connectivity index (χ3n) is 2.93. The van der Waals surface area contributed by atoms with Crippen LogP contribution in [0.15, 0.2) is 24.4 Å². The summed E-state index contributed by atoms with van der Waals surface area (Å²) >= 11 is 0. The van der Waals surface area contributed by atoms with E-state index in [9.17, 15) is 8.78 Å². The summed E-state index contributed by atoms with van der Waals surface area (Å²) in [7, 11) is 3.42. The summed E-state index contributed by atoms with van der Waals surface area (Å²) in [6, 6.07) is 3.86. The van der Waals surface area contributed by atoms with Crippen LogP contribution in [0.25, 0.3) is 0 Å². The molecule has 1 aromatic carbocycles. The highest BCUT2D eigenvalue weighted by atomic mass is 19.1. The predicted octanol–water partition coefficient (Wildman–Crippen LogP) is 2.32. The van der Waals surface area contributed by atoms with Crippen molar-refractivity contribution in [2.75, 3.05) is 7.05 Å². The molecule has 0 aliphatic heterocycles. The van der Waals surface area contributed by atoms with Gasteiger partial charge in [0, 0.05) is 18.8 Å². The zero-order valence-corrected chi connectivity index (χ0v) is 10.5. The van der Waals surface area contributed by atoms with Crippen molar-refractivity contribution in [2.24, 2.45) is 7.05 Å². The number of nitrogens with zero attached hydrogens (tertiary/aromatic N) is 2. The second-order valence-electron chi connectivity index (χ2n) is 4.23. The summed E-state index contributed by atoms with van der Waals surface area (Å²) in [5.41, 5.74) is 1.02. The van der Waals surface area contributed by atoms with Crippen LogP contribution in [0, 0.1) is 18.6 Å². The normalized spacial score (nSPS) is 12.7. The Hall–Kier alpha value is -1.75. The quantitative estimate of drug-likeness (QED) is 0.907. The van der Waals surface area contributed by atoms with Gasteiger partial charge in [0.1, 0.15) is 11.6 Å². The summed E-state index contributed by atoms with van der Waals surface area (Å²) in [4.78, 5) is 0. The van der Waals surface area contributed by atoms with Gasteiger partial charge in [-0.15, -0.1) is 0 Å². The van der Waals surface area contributed by atoms with Crippen LogP contribution in [0.2, 0.25) is 0 Å². The van der Waals surface area contributed by atoms with E-state index in [0.717, 1.165) is 0 Å². The first-order valence-electron chi connectivity index (χ1n) is 5.66. The van der Waals surface area contributed by atoms with Gasteiger partial charge in [0.2, 0.25) is 0 Å². The number of aryl methyl sites for hydroxylation is 2. The Morgan fingerprint density at radius 3 is 2.56 bits per heavy atom. The van der Waals surface area contributed by atoms with E-state index in [4.69, 9.17) is 0 Å². The molecule has 96 valence electrons. The van der Waals surface area contributed by atoms with Crippen molar-refractivity contribution in [1.29, 1.82) is 0 Å². The molecule has 0 amide bonds. The average molecular weight is 251 g/mol. The Balaban J connectivity index is 2.55. The van der Waals surface area contributed by atoms with E-state index in [1.54, 1.807) is 38.0 Å². The van der Waals surface area contributed by atoms with E-state index in [-0.39, 0.29) is 5.56 Å². The van der Waals surface area contributed by atoms with Gasteiger partial charge >= 0.3 is 0 Å². The molecular formula is C13H15F2N3. The number of halogens is 2. The van der Waals surface area contributed by atoms with Gasteiger partial charge in [0.25, 0.3) is 0 Å². The van der Waals surface area contributed by atoms with E-state index in [1.165, 1.54) is 12.1 Å². The highest BCUT2D eigenvalue weighted by molar-refractivity contribution is 5.33. The van der Waals surface area contributed by atoms with Gasteiger partial charge in [-0.25, -0.2) is 8.78 Å². The minimum atomic E-state index is -0.592. The number of nitrogens with one attached hydrogen (secondary N) is 1. The maximum atomic E-state index is 14.1. The first-order chi connectivity index (χ1) is 8.54. The number of hydrogen-bond acceptors (Lipinski definition) is 2. The molecular weight excluding hydrogens is 236 g/mol. The van der Waals surface area contributed by atoms with Crippen LogP contribution in [-0.2, 0) is 7.05 Å². The monoisotopic (exact) mass is 251 g/mol. The van der Waals surface area contributed by atoms with Crippen LogP contribution >= 0.6 is 0 Å². The Bertz CT molecular complexity index is 563. The molecule has 1 atom stereocenters. The maximum Gasteiger partial charge on any atom is 0.134 e. The molecule has 0 aliphatic rings. The van der Waals surface area contributed by atoms with Crippen molar-refractivity contribution in [3.63, 3.8) is 0 Å². The van der Waals surface area contributed by atoms with E-state index < -0.39 is 17.7 Å². The third kappa shape index (κ3) is 2.13. The van der Waals surface area contributed by atoms with Crippen LogP contribution < -0.4 is 5.32 Å². The molecule has 0 bridgehead atoms. The van der Waals surface area contributed by atoms with Crippen LogP contribution in [-0.4, -0.2) is 16.8 Å². The lowest BCUT2D eigenvalue weighted by molar-refractivity contribution is 0.510. The molecule has 2 rings (SSSR count). The average Bonchev–Trinajstić information content (AvgIpc) is 2.76. The minimum absolute atomic E-state index is 0.0104. The Kier molecular flexibility index (Phi) is 3.43. The van der Waals surface area contributed by atoms with Crippen molar-refractivity contribution in [1.82, 2.24) is 15.1 Å². The maximum absolute atomic E-state index is 14.1. The van der Waals surface area contributed by atoms with Gasteiger partial charge in [-0.2, -0.15) is 5.10 Å². The fraction of sp³-hybridized carbons (Fsp3) is 0.308. The molecule has 0 aliphatic carbocycles. The first kappa shape index (κ1) is 12.7. The number of benzene rings is 1. The zero-order chi connectivity index (χ0) is 13.3. The fourth-order valence-corrected chi connectivity index (χ4v) is 1.97. The molecule has 3 nitrogen and oxygen atoms in total. The Morgan fingerprint density at radius 1 is 1.28 bits per heavy atom. The smallest absolute Gasteiger partial charge is 0.134 e. The summed E-state index contributed by atoms with van der Waals surface area (Å²) in [5.74, 6) is -1.09. The molecule has 1 unspecified atom stereocenters. The predicted molar refractivity (Wildman–Crippen MR) is 65.2 cm³/mol. The Labute approximate surface area is 104 Å². The van der Waals surface area contributed by atoms with Crippen molar-refractivity contribution in [3.8, 4) is 0 Å². The van der Waals surface area contributed by atoms with Crippen molar-refractivity contribution in [2.45, 2.75) is 13.0 Å². The van der Waals surface area contributed by atoms with Crippen LogP contribution in [0.4, 0.5) is 8.78 Å². The van der Waals surface area contributed by atoms with E-state index in [2.05, 4.69) is 10.4 Å². The molecule has 5 heteroatoms. The standard InChI is InChI=1S/C13H15F2N3/c1-8-4-5-9(14)11(12(8)15)13(16-2)10-6-7-18(3)17-10/h4-7,13,16H,1-3H3. The van der Waals surface area contributed by atoms with Gasteiger partial charge in [0.05, 0.1) is 11.7 Å². The molecule has 0 radical (unpaired) electrons.